The lowest BCUT2D eigenvalue weighted by Crippen LogP contribution is -2.52. The molecule has 30 heavy (non-hydrogen) atoms. The van der Waals surface area contributed by atoms with Crippen LogP contribution in [0.2, 0.25) is 0 Å². The van der Waals surface area contributed by atoms with E-state index in [-0.39, 0.29) is 30.7 Å². The van der Waals surface area contributed by atoms with Crippen molar-refractivity contribution in [2.75, 3.05) is 51.6 Å². The van der Waals surface area contributed by atoms with Crippen LogP contribution in [-0.2, 0) is 16.1 Å². The number of halogens is 2. The molecule has 2 aromatic rings. The van der Waals surface area contributed by atoms with Crippen LogP contribution in [0.4, 0.5) is 14.5 Å². The minimum Gasteiger partial charge on any atom is -0.339 e. The molecule has 1 N–H and O–H groups in total. The maximum atomic E-state index is 13.2. The molecule has 1 saturated heterocycles. The molecule has 0 unspecified atom stereocenters. The number of carbonyl (C=O) groups excluding carboxylic acids is 2. The van der Waals surface area contributed by atoms with Gasteiger partial charge >= 0.3 is 0 Å². The number of carbonyl (C=O) groups is 2. The quantitative estimate of drug-likeness (QED) is 0.752. The second-order valence-electron chi connectivity index (χ2n) is 7.51. The summed E-state index contributed by atoms with van der Waals surface area (Å²) >= 11 is 0. The molecule has 1 aliphatic heterocycles. The Bertz CT molecular complexity index is 868. The van der Waals surface area contributed by atoms with Crippen LogP contribution < -0.4 is 5.32 Å². The van der Waals surface area contributed by atoms with E-state index in [1.165, 1.54) is 24.3 Å². The number of likely N-dealkylation sites (N-methyl/N-ethyl adjacent to an activating group) is 1. The van der Waals surface area contributed by atoms with Crippen molar-refractivity contribution in [2.24, 2.45) is 0 Å². The molecule has 1 fully saturated rings. The van der Waals surface area contributed by atoms with E-state index in [1.54, 1.807) is 29.2 Å². The van der Waals surface area contributed by atoms with Gasteiger partial charge in [-0.15, -0.1) is 0 Å². The highest BCUT2D eigenvalue weighted by Gasteiger charge is 2.23. The topological polar surface area (TPSA) is 55.9 Å². The van der Waals surface area contributed by atoms with Crippen molar-refractivity contribution in [3.8, 4) is 0 Å². The molecule has 6 nitrogen and oxygen atoms in total. The standard InChI is InChI=1S/C22H26F2N4O2/c1-26(14-17-5-7-18(23)8-6-17)16-22(30)28-11-9-27(10-12-28)15-21(29)25-20-4-2-3-19(24)13-20/h2-8,13H,9-12,14-16H2,1H3,(H,25,29). The Kier molecular flexibility index (Phi) is 7.48. The number of amides is 2. The number of hydrogen-bond donors (Lipinski definition) is 1. The molecular weight excluding hydrogens is 390 g/mol. The predicted octanol–water partition coefficient (Wildman–Crippen LogP) is 2.18. The highest BCUT2D eigenvalue weighted by Crippen LogP contribution is 2.10. The Morgan fingerprint density at radius 1 is 1.00 bits per heavy atom. The first kappa shape index (κ1) is 21.9. The summed E-state index contributed by atoms with van der Waals surface area (Å²) in [6, 6.07) is 12.0. The van der Waals surface area contributed by atoms with Gasteiger partial charge in [0.05, 0.1) is 13.1 Å². The van der Waals surface area contributed by atoms with Gasteiger partial charge in [-0.3, -0.25) is 19.4 Å². The van der Waals surface area contributed by atoms with Crippen molar-refractivity contribution in [3.05, 3.63) is 65.7 Å². The highest BCUT2D eigenvalue weighted by atomic mass is 19.1. The summed E-state index contributed by atoms with van der Waals surface area (Å²) in [6.07, 6.45) is 0. The van der Waals surface area contributed by atoms with Crippen LogP contribution in [0.25, 0.3) is 0 Å². The van der Waals surface area contributed by atoms with E-state index in [2.05, 4.69) is 5.32 Å². The van der Waals surface area contributed by atoms with Crippen molar-refractivity contribution >= 4 is 17.5 Å². The second kappa shape index (κ2) is 10.3. The molecule has 2 aromatic carbocycles. The summed E-state index contributed by atoms with van der Waals surface area (Å²) in [6.45, 7) is 3.34. The smallest absolute Gasteiger partial charge is 0.238 e. The summed E-state index contributed by atoms with van der Waals surface area (Å²) in [5.41, 5.74) is 1.37. The van der Waals surface area contributed by atoms with Gasteiger partial charge < -0.3 is 10.2 Å². The van der Waals surface area contributed by atoms with Gasteiger partial charge in [0.25, 0.3) is 0 Å². The summed E-state index contributed by atoms with van der Waals surface area (Å²) in [5, 5.41) is 2.69. The van der Waals surface area contributed by atoms with Crippen molar-refractivity contribution in [2.45, 2.75) is 6.54 Å². The van der Waals surface area contributed by atoms with Gasteiger partial charge in [0, 0.05) is 38.4 Å². The zero-order chi connectivity index (χ0) is 21.5. The molecule has 0 radical (unpaired) electrons. The van der Waals surface area contributed by atoms with E-state index >= 15 is 0 Å². The van der Waals surface area contributed by atoms with Crippen LogP contribution in [0, 0.1) is 11.6 Å². The molecule has 1 heterocycles. The van der Waals surface area contributed by atoms with Gasteiger partial charge in [0.15, 0.2) is 0 Å². The molecule has 3 rings (SSSR count). The number of nitrogens with zero attached hydrogens (tertiary/aromatic N) is 3. The van der Waals surface area contributed by atoms with Crippen molar-refractivity contribution in [1.29, 1.82) is 0 Å². The first-order valence-electron chi connectivity index (χ1n) is 9.87. The van der Waals surface area contributed by atoms with Crippen molar-refractivity contribution in [3.63, 3.8) is 0 Å². The predicted molar refractivity (Wildman–Crippen MR) is 111 cm³/mol. The minimum atomic E-state index is -0.399. The molecule has 0 saturated carbocycles. The van der Waals surface area contributed by atoms with Gasteiger partial charge in [-0.1, -0.05) is 18.2 Å². The van der Waals surface area contributed by atoms with Gasteiger partial charge in [-0.25, -0.2) is 8.78 Å². The summed E-state index contributed by atoms with van der Waals surface area (Å²) < 4.78 is 26.2. The average molecular weight is 416 g/mol. The Balaban J connectivity index is 1.39. The number of nitrogens with one attached hydrogen (secondary N) is 1. The average Bonchev–Trinajstić information content (AvgIpc) is 2.70. The molecule has 0 aromatic heterocycles. The van der Waals surface area contributed by atoms with Crippen molar-refractivity contribution < 1.29 is 18.4 Å². The molecular formula is C22H26F2N4O2. The number of anilines is 1. The van der Waals surface area contributed by atoms with Crippen LogP contribution in [-0.4, -0.2) is 72.8 Å². The maximum Gasteiger partial charge on any atom is 0.238 e. The fourth-order valence-electron chi connectivity index (χ4n) is 3.41. The molecule has 0 bridgehead atoms. The van der Waals surface area contributed by atoms with Gasteiger partial charge in [0.1, 0.15) is 11.6 Å². The van der Waals surface area contributed by atoms with E-state index in [4.69, 9.17) is 0 Å². The van der Waals surface area contributed by atoms with E-state index in [0.29, 0.717) is 38.4 Å². The maximum absolute atomic E-state index is 13.2. The fourth-order valence-corrected chi connectivity index (χ4v) is 3.41. The van der Waals surface area contributed by atoms with Gasteiger partial charge in [-0.05, 0) is 42.9 Å². The SMILES string of the molecule is CN(CC(=O)N1CCN(CC(=O)Nc2cccc(F)c2)CC1)Cc1ccc(F)cc1. The number of rotatable bonds is 7. The Morgan fingerprint density at radius 3 is 2.37 bits per heavy atom. The Hall–Kier alpha value is -2.84. The number of piperazine rings is 1. The van der Waals surface area contributed by atoms with Crippen LogP contribution in [0.1, 0.15) is 5.56 Å². The lowest BCUT2D eigenvalue weighted by Gasteiger charge is -2.35. The Morgan fingerprint density at radius 2 is 1.70 bits per heavy atom. The van der Waals surface area contributed by atoms with Crippen LogP contribution >= 0.6 is 0 Å². The molecule has 0 spiro atoms. The van der Waals surface area contributed by atoms with Crippen LogP contribution in [0.15, 0.2) is 48.5 Å². The summed E-state index contributed by atoms with van der Waals surface area (Å²) in [7, 11) is 1.86. The summed E-state index contributed by atoms with van der Waals surface area (Å²) in [4.78, 5) is 30.4. The zero-order valence-electron chi connectivity index (χ0n) is 17.0. The molecule has 1 aliphatic rings. The second-order valence-corrected chi connectivity index (χ2v) is 7.51. The van der Waals surface area contributed by atoms with Gasteiger partial charge in [0.2, 0.25) is 11.8 Å². The fraction of sp³-hybridized carbons (Fsp3) is 0.364. The molecule has 0 aliphatic carbocycles. The van der Waals surface area contributed by atoms with E-state index in [0.717, 1.165) is 5.56 Å². The zero-order valence-corrected chi connectivity index (χ0v) is 17.0. The molecule has 2 amide bonds. The monoisotopic (exact) mass is 416 g/mol. The first-order chi connectivity index (χ1) is 14.4. The normalized spacial score (nSPS) is 14.7. The van der Waals surface area contributed by atoms with Crippen molar-refractivity contribution in [1.82, 2.24) is 14.7 Å². The number of hydrogen-bond acceptors (Lipinski definition) is 4. The number of benzene rings is 2. The van der Waals surface area contributed by atoms with E-state index < -0.39 is 5.82 Å². The highest BCUT2D eigenvalue weighted by molar-refractivity contribution is 5.92. The lowest BCUT2D eigenvalue weighted by molar-refractivity contribution is -0.134. The van der Waals surface area contributed by atoms with Crippen LogP contribution in [0.5, 0.6) is 0 Å². The van der Waals surface area contributed by atoms with E-state index in [9.17, 15) is 18.4 Å². The summed E-state index contributed by atoms with van der Waals surface area (Å²) in [5.74, 6) is -0.854. The third kappa shape index (κ3) is 6.60. The molecule has 160 valence electrons. The van der Waals surface area contributed by atoms with E-state index in [1.807, 2.05) is 16.8 Å². The largest absolute Gasteiger partial charge is 0.339 e. The minimum absolute atomic E-state index is 0.0310. The Labute approximate surface area is 175 Å². The third-order valence-corrected chi connectivity index (χ3v) is 4.97. The molecule has 0 atom stereocenters. The van der Waals surface area contributed by atoms with Crippen LogP contribution in [0.3, 0.4) is 0 Å². The first-order valence-corrected chi connectivity index (χ1v) is 9.87. The third-order valence-electron chi connectivity index (χ3n) is 4.97. The van der Waals surface area contributed by atoms with Gasteiger partial charge in [-0.2, -0.15) is 0 Å². The molecule has 8 heteroatoms. The lowest BCUT2D eigenvalue weighted by atomic mass is 10.2.